The summed E-state index contributed by atoms with van der Waals surface area (Å²) in [5.74, 6) is 0.989. The maximum absolute atomic E-state index is 12.4. The number of benzene rings is 1. The third kappa shape index (κ3) is 4.31. The van der Waals surface area contributed by atoms with Gasteiger partial charge >= 0.3 is 0 Å². The summed E-state index contributed by atoms with van der Waals surface area (Å²) in [6.45, 7) is 2.67. The summed E-state index contributed by atoms with van der Waals surface area (Å²) in [7, 11) is 2.61. The number of pyridine rings is 1. The molecule has 1 fully saturated rings. The highest BCUT2D eigenvalue weighted by molar-refractivity contribution is 8.24. The van der Waals surface area contributed by atoms with E-state index in [0.717, 1.165) is 23.4 Å². The van der Waals surface area contributed by atoms with Gasteiger partial charge in [0, 0.05) is 56.5 Å². The van der Waals surface area contributed by atoms with Crippen molar-refractivity contribution in [1.82, 2.24) is 4.57 Å². The van der Waals surface area contributed by atoms with E-state index in [2.05, 4.69) is 5.32 Å². The number of hydrogen-bond donors (Lipinski definition) is 3. The molecule has 0 amide bonds. The van der Waals surface area contributed by atoms with Crippen LogP contribution in [0.15, 0.2) is 40.2 Å². The first kappa shape index (κ1) is 19.8. The number of aromatic nitrogens is 1. The van der Waals surface area contributed by atoms with Crippen LogP contribution in [-0.4, -0.2) is 40.1 Å². The van der Waals surface area contributed by atoms with Crippen molar-refractivity contribution >= 4 is 22.0 Å². The lowest BCUT2D eigenvalue weighted by Gasteiger charge is -2.31. The van der Waals surface area contributed by atoms with Crippen LogP contribution in [0.5, 0.6) is 0 Å². The summed E-state index contributed by atoms with van der Waals surface area (Å²) >= 11 is 0. The zero-order valence-corrected chi connectivity index (χ0v) is 17.2. The molecule has 0 aliphatic heterocycles. The summed E-state index contributed by atoms with van der Waals surface area (Å²) < 4.78 is 22.3. The Morgan fingerprint density at radius 3 is 2.56 bits per heavy atom. The van der Waals surface area contributed by atoms with Gasteiger partial charge < -0.3 is 14.8 Å². The molecule has 6 nitrogen and oxygen atoms in total. The Labute approximate surface area is 162 Å². The van der Waals surface area contributed by atoms with E-state index in [9.17, 15) is 13.9 Å². The van der Waals surface area contributed by atoms with E-state index in [4.69, 9.17) is 0 Å². The van der Waals surface area contributed by atoms with E-state index in [1.54, 1.807) is 35.7 Å². The van der Waals surface area contributed by atoms with Crippen molar-refractivity contribution in [1.29, 1.82) is 0 Å². The second-order valence-electron chi connectivity index (χ2n) is 7.41. The lowest BCUT2D eigenvalue weighted by molar-refractivity contribution is 0.488. The topological polar surface area (TPSA) is 77.7 Å². The largest absolute Gasteiger partial charge is 0.384 e. The fourth-order valence-corrected chi connectivity index (χ4v) is 3.95. The van der Waals surface area contributed by atoms with Crippen molar-refractivity contribution in [3.63, 3.8) is 0 Å². The number of anilines is 2. The fourth-order valence-electron chi connectivity index (χ4n) is 3.02. The number of nitrogens with one attached hydrogen (secondary N) is 1. The molecule has 0 saturated heterocycles. The Kier molecular flexibility index (Phi) is 5.55. The predicted molar refractivity (Wildman–Crippen MR) is 114 cm³/mol. The highest BCUT2D eigenvalue weighted by Crippen LogP contribution is 2.49. The molecule has 1 aliphatic rings. The Hall–Kier alpha value is -1.96. The first-order valence-electron chi connectivity index (χ1n) is 9.25. The van der Waals surface area contributed by atoms with Crippen LogP contribution < -0.4 is 15.8 Å². The van der Waals surface area contributed by atoms with Crippen LogP contribution in [0, 0.1) is 5.92 Å². The normalized spacial score (nSPS) is 14.9. The number of aryl methyl sites for hydroxylation is 1. The van der Waals surface area contributed by atoms with Gasteiger partial charge in [-0.1, -0.05) is 0 Å². The lowest BCUT2D eigenvalue weighted by atomic mass is 10.0. The average molecular weight is 392 g/mol. The Bertz CT molecular complexity index is 889. The molecule has 0 unspecified atom stereocenters. The fraction of sp³-hybridized carbons (Fsp3) is 0.450. The van der Waals surface area contributed by atoms with E-state index < -0.39 is 10.6 Å². The van der Waals surface area contributed by atoms with E-state index in [1.165, 1.54) is 12.8 Å². The van der Waals surface area contributed by atoms with Crippen molar-refractivity contribution in [3.05, 3.63) is 40.8 Å². The number of nitrogens with zero attached hydrogens (tertiary/aromatic N) is 2. The van der Waals surface area contributed by atoms with Crippen LogP contribution >= 0.6 is 10.6 Å². The van der Waals surface area contributed by atoms with Crippen LogP contribution in [0.2, 0.25) is 0 Å². The molecule has 0 spiro atoms. The van der Waals surface area contributed by atoms with Gasteiger partial charge in [0.05, 0.1) is 4.90 Å². The zero-order valence-electron chi connectivity index (χ0n) is 16.4. The van der Waals surface area contributed by atoms with Gasteiger partial charge in [-0.05, 0) is 49.9 Å². The third-order valence-electron chi connectivity index (χ3n) is 5.01. The molecule has 2 aromatic rings. The minimum absolute atomic E-state index is 0.0646. The molecule has 0 radical (unpaired) electrons. The molecule has 7 heteroatoms. The molecule has 148 valence electrons. The van der Waals surface area contributed by atoms with Crippen molar-refractivity contribution in [2.45, 2.75) is 24.7 Å². The van der Waals surface area contributed by atoms with Crippen molar-refractivity contribution in [3.8, 4) is 11.1 Å². The minimum atomic E-state index is -2.82. The molecular weight excluding hydrogens is 362 g/mol. The first-order chi connectivity index (χ1) is 12.7. The molecule has 0 bridgehead atoms. The SMILES string of the molecule is CCS(O)(O)c1ccc(NCC2CC2)c(-c2cc(N(C)C)c(=O)n(C)c2)c1. The number of hydrogen-bond acceptors (Lipinski definition) is 5. The Morgan fingerprint density at radius 2 is 1.96 bits per heavy atom. The van der Waals surface area contributed by atoms with Gasteiger partial charge in [0.2, 0.25) is 0 Å². The number of rotatable bonds is 7. The molecule has 3 rings (SSSR count). The average Bonchev–Trinajstić information content (AvgIpc) is 3.46. The van der Waals surface area contributed by atoms with Gasteiger partial charge in [-0.2, -0.15) is 10.6 Å². The Morgan fingerprint density at radius 1 is 1.26 bits per heavy atom. The van der Waals surface area contributed by atoms with E-state index in [-0.39, 0.29) is 11.3 Å². The predicted octanol–water partition coefficient (Wildman–Crippen LogP) is 4.07. The molecule has 1 heterocycles. The standard InChI is InChI=1S/C20H29N3O3S/c1-5-27(25,26)16-8-9-18(21-12-14-6-7-14)17(11-16)15-10-19(22(2)3)20(24)23(4)13-15/h8-11,13-14,21,25-26H,5-7,12H2,1-4H3. The molecule has 1 aliphatic carbocycles. The van der Waals surface area contributed by atoms with Crippen LogP contribution in [0.4, 0.5) is 11.4 Å². The van der Waals surface area contributed by atoms with E-state index >= 15 is 0 Å². The van der Waals surface area contributed by atoms with Gasteiger partial charge in [-0.3, -0.25) is 13.9 Å². The minimum Gasteiger partial charge on any atom is -0.384 e. The van der Waals surface area contributed by atoms with E-state index in [1.807, 2.05) is 32.3 Å². The van der Waals surface area contributed by atoms with E-state index in [0.29, 0.717) is 16.5 Å². The molecule has 1 aromatic heterocycles. The molecule has 3 N–H and O–H groups in total. The summed E-state index contributed by atoms with van der Waals surface area (Å²) in [5.41, 5.74) is 3.22. The molecule has 1 saturated carbocycles. The second-order valence-corrected chi connectivity index (χ2v) is 9.79. The first-order valence-corrected chi connectivity index (χ1v) is 11.0. The maximum atomic E-state index is 12.4. The van der Waals surface area contributed by atoms with Gasteiger partial charge in [0.1, 0.15) is 5.69 Å². The lowest BCUT2D eigenvalue weighted by Crippen LogP contribution is -2.25. The molecular formula is C20H29N3O3S. The monoisotopic (exact) mass is 391 g/mol. The van der Waals surface area contributed by atoms with Crippen LogP contribution in [-0.2, 0) is 7.05 Å². The summed E-state index contributed by atoms with van der Waals surface area (Å²) in [6.07, 6.45) is 4.30. The molecule has 0 atom stereocenters. The highest BCUT2D eigenvalue weighted by atomic mass is 32.3. The van der Waals surface area contributed by atoms with Gasteiger partial charge in [-0.15, -0.1) is 0 Å². The van der Waals surface area contributed by atoms with Gasteiger partial charge in [0.15, 0.2) is 0 Å². The molecule has 27 heavy (non-hydrogen) atoms. The smallest absolute Gasteiger partial charge is 0.273 e. The second kappa shape index (κ2) is 7.58. The molecule has 1 aromatic carbocycles. The summed E-state index contributed by atoms with van der Waals surface area (Å²) in [6, 6.07) is 7.40. The van der Waals surface area contributed by atoms with Crippen LogP contribution in [0.3, 0.4) is 0 Å². The van der Waals surface area contributed by atoms with Gasteiger partial charge in [0.25, 0.3) is 5.56 Å². The quantitative estimate of drug-likeness (QED) is 0.663. The maximum Gasteiger partial charge on any atom is 0.273 e. The third-order valence-corrected chi connectivity index (χ3v) is 6.82. The van der Waals surface area contributed by atoms with Gasteiger partial charge in [-0.25, -0.2) is 0 Å². The van der Waals surface area contributed by atoms with Crippen molar-refractivity contribution in [2.24, 2.45) is 13.0 Å². The van der Waals surface area contributed by atoms with Crippen LogP contribution in [0.25, 0.3) is 11.1 Å². The van der Waals surface area contributed by atoms with Crippen LogP contribution in [0.1, 0.15) is 19.8 Å². The van der Waals surface area contributed by atoms with Crippen molar-refractivity contribution < 1.29 is 9.11 Å². The van der Waals surface area contributed by atoms with Crippen molar-refractivity contribution in [2.75, 3.05) is 36.6 Å². The zero-order chi connectivity index (χ0) is 19.8. The Balaban J connectivity index is 2.12. The summed E-state index contributed by atoms with van der Waals surface area (Å²) in [5, 5.41) is 3.50. The highest BCUT2D eigenvalue weighted by Gasteiger charge is 2.22. The summed E-state index contributed by atoms with van der Waals surface area (Å²) in [4.78, 5) is 14.7.